The van der Waals surface area contributed by atoms with Crippen LogP contribution in [-0.2, 0) is 52.8 Å². The molecule has 0 fully saturated rings. The van der Waals surface area contributed by atoms with Gasteiger partial charge in [-0.25, -0.2) is 14.8 Å². The highest BCUT2D eigenvalue weighted by Crippen LogP contribution is 2.19. The average Bonchev–Trinajstić information content (AvgIpc) is 3.99. The molecule has 0 aliphatic carbocycles. The monoisotopic (exact) mass is 832 g/mol. The number of H-pyrrole nitrogens is 3. The highest BCUT2D eigenvalue weighted by Gasteiger charge is 2.33. The van der Waals surface area contributed by atoms with Crippen LogP contribution in [0.25, 0.3) is 10.9 Å². The van der Waals surface area contributed by atoms with E-state index in [-0.39, 0.29) is 31.6 Å². The summed E-state index contributed by atoms with van der Waals surface area (Å²) in [5.41, 5.74) is 8.87. The summed E-state index contributed by atoms with van der Waals surface area (Å²) in [6.07, 6.45) is 7.90. The van der Waals surface area contributed by atoms with Gasteiger partial charge in [0.2, 0.25) is 35.4 Å². The first kappa shape index (κ1) is 46.1. The van der Waals surface area contributed by atoms with Gasteiger partial charge in [-0.1, -0.05) is 45.9 Å². The van der Waals surface area contributed by atoms with Crippen LogP contribution in [0.3, 0.4) is 0 Å². The lowest BCUT2D eigenvalue weighted by Crippen LogP contribution is -2.60. The Hall–Kier alpha value is -6.57. The molecule has 0 saturated heterocycles. The van der Waals surface area contributed by atoms with Crippen molar-refractivity contribution < 1.29 is 38.7 Å². The minimum absolute atomic E-state index is 0.0419. The van der Waals surface area contributed by atoms with Crippen LogP contribution in [0, 0.1) is 11.8 Å². The Labute approximate surface area is 346 Å². The maximum absolute atomic E-state index is 13.8. The molecule has 0 radical (unpaired) electrons. The normalized spacial score (nSPS) is 14.9. The van der Waals surface area contributed by atoms with Crippen LogP contribution in [0.15, 0.2) is 55.5 Å². The predicted molar refractivity (Wildman–Crippen MR) is 219 cm³/mol. The minimum atomic E-state index is -1.23. The van der Waals surface area contributed by atoms with Crippen molar-refractivity contribution in [3.63, 3.8) is 0 Å². The van der Waals surface area contributed by atoms with E-state index in [1.54, 1.807) is 26.2 Å². The van der Waals surface area contributed by atoms with E-state index in [9.17, 15) is 38.7 Å². The maximum Gasteiger partial charge on any atom is 0.326 e. The molecule has 1 aromatic carbocycles. The summed E-state index contributed by atoms with van der Waals surface area (Å²) >= 11 is 0. The van der Waals surface area contributed by atoms with Crippen molar-refractivity contribution in [2.45, 2.75) is 110 Å². The van der Waals surface area contributed by atoms with Gasteiger partial charge in [-0.2, -0.15) is 0 Å². The van der Waals surface area contributed by atoms with E-state index in [1.165, 1.54) is 32.7 Å². The fourth-order valence-corrected chi connectivity index (χ4v) is 6.38. The largest absolute Gasteiger partial charge is 0.480 e. The maximum atomic E-state index is 13.8. The lowest BCUT2D eigenvalue weighted by atomic mass is 10.0. The Morgan fingerprint density at radius 1 is 0.633 bits per heavy atom. The lowest BCUT2D eigenvalue weighted by molar-refractivity contribution is -0.142. The molecule has 20 heteroatoms. The van der Waals surface area contributed by atoms with E-state index in [0.717, 1.165) is 16.5 Å². The van der Waals surface area contributed by atoms with Crippen molar-refractivity contribution in [1.82, 2.24) is 56.8 Å². The molecular formula is C40H56N12O8. The number of nitrogens with one attached hydrogen (secondary N) is 9. The first-order valence-electron chi connectivity index (χ1n) is 19.7. The molecule has 324 valence electrons. The van der Waals surface area contributed by atoms with Crippen LogP contribution in [0.5, 0.6) is 0 Å². The number of carbonyl (C=O) groups excluding carboxylic acids is 6. The number of benzene rings is 1. The number of carboxylic acid groups (broad SMARTS) is 1. The molecule has 3 heterocycles. The van der Waals surface area contributed by atoms with Gasteiger partial charge in [0.25, 0.3) is 0 Å². The third-order valence-corrected chi connectivity index (χ3v) is 9.75. The lowest BCUT2D eigenvalue weighted by Gasteiger charge is -2.27. The quantitative estimate of drug-likeness (QED) is 0.0489. The number of carbonyl (C=O) groups is 7. The molecule has 7 unspecified atom stereocenters. The smallest absolute Gasteiger partial charge is 0.326 e. The number of aliphatic carboxylic acids is 1. The van der Waals surface area contributed by atoms with Crippen LogP contribution < -0.4 is 37.6 Å². The number of hydrogen-bond acceptors (Lipinski definition) is 10. The Kier molecular flexibility index (Phi) is 16.5. The number of para-hydroxylation sites is 1. The standard InChI is InChI=1S/C40H56N12O8/c1-20(2)11-32(40(59)60)51-38(57)31(14-26-17-43-19-46-26)49-34(53)22(5)48-39(58)33(21(3)4)52-35(54)23(6)47-37(56)30(12-24-15-44-29-10-8-7-9-27(24)29)50-36(55)28(41)13-25-16-42-18-45-25/h7-10,15-23,28,30-33,44H,11-14,41H2,1-6H3,(H,42,45)(H,43,46)(H,47,56)(H,48,58)(H,49,53)(H,50,55)(H,51,57)(H,52,54)(H,59,60). The number of imidazole rings is 2. The van der Waals surface area contributed by atoms with Gasteiger partial charge in [0.1, 0.15) is 36.3 Å². The molecule has 0 aliphatic rings. The van der Waals surface area contributed by atoms with Crippen molar-refractivity contribution in [2.24, 2.45) is 17.6 Å². The molecule has 0 aliphatic heterocycles. The van der Waals surface area contributed by atoms with E-state index in [2.05, 4.69) is 56.8 Å². The van der Waals surface area contributed by atoms with Gasteiger partial charge in [0.05, 0.1) is 18.7 Å². The number of carboxylic acids is 1. The predicted octanol–water partition coefficient (Wildman–Crippen LogP) is -0.295. The SMILES string of the molecule is CC(C)CC(NC(=O)C(Cc1cnc[nH]1)NC(=O)C(C)NC(=O)C(NC(=O)C(C)NC(=O)C(Cc1c[nH]c2ccccc12)NC(=O)C(N)Cc1cnc[nH]1)C(C)C)C(=O)O. The number of aromatic nitrogens is 5. The molecular weight excluding hydrogens is 777 g/mol. The van der Waals surface area contributed by atoms with E-state index >= 15 is 0 Å². The van der Waals surface area contributed by atoms with E-state index in [1.807, 2.05) is 38.1 Å². The van der Waals surface area contributed by atoms with Gasteiger partial charge in [0, 0.05) is 60.1 Å². The number of hydrogen-bond donors (Lipinski definition) is 11. The summed E-state index contributed by atoms with van der Waals surface area (Å²) in [4.78, 5) is 109. The summed E-state index contributed by atoms with van der Waals surface area (Å²) in [7, 11) is 0. The molecule has 4 aromatic rings. The number of fused-ring (bicyclic) bond motifs is 1. The number of rotatable bonds is 22. The molecule has 4 rings (SSSR count). The van der Waals surface area contributed by atoms with Crippen molar-refractivity contribution in [2.75, 3.05) is 0 Å². The third kappa shape index (κ3) is 13.2. The number of amides is 6. The first-order chi connectivity index (χ1) is 28.4. The van der Waals surface area contributed by atoms with Crippen molar-refractivity contribution in [3.8, 4) is 0 Å². The van der Waals surface area contributed by atoms with Crippen LogP contribution in [0.2, 0.25) is 0 Å². The molecule has 7 atom stereocenters. The summed E-state index contributed by atoms with van der Waals surface area (Å²) in [6, 6.07) is -0.674. The zero-order chi connectivity index (χ0) is 44.1. The van der Waals surface area contributed by atoms with E-state index in [4.69, 9.17) is 5.73 Å². The third-order valence-electron chi connectivity index (χ3n) is 9.75. The molecule has 0 bridgehead atoms. The fraction of sp³-hybridized carbons (Fsp3) is 0.475. The van der Waals surface area contributed by atoms with Gasteiger partial charge < -0.3 is 57.7 Å². The van der Waals surface area contributed by atoms with Gasteiger partial charge in [0.15, 0.2) is 0 Å². The number of nitrogens with two attached hydrogens (primary N) is 1. The highest BCUT2D eigenvalue weighted by atomic mass is 16.4. The van der Waals surface area contributed by atoms with Gasteiger partial charge in [-0.05, 0) is 43.7 Å². The zero-order valence-electron chi connectivity index (χ0n) is 34.5. The van der Waals surface area contributed by atoms with Gasteiger partial charge in [-0.15, -0.1) is 0 Å². The second kappa shape index (κ2) is 21.4. The Morgan fingerprint density at radius 2 is 1.17 bits per heavy atom. The first-order valence-corrected chi connectivity index (χ1v) is 19.7. The van der Waals surface area contributed by atoms with Gasteiger partial charge >= 0.3 is 5.97 Å². The summed E-state index contributed by atoms with van der Waals surface area (Å²) in [5, 5.41) is 26.2. The molecule has 60 heavy (non-hydrogen) atoms. The Morgan fingerprint density at radius 3 is 1.75 bits per heavy atom. The fourth-order valence-electron chi connectivity index (χ4n) is 6.38. The Balaban J connectivity index is 1.40. The van der Waals surface area contributed by atoms with Crippen LogP contribution in [-0.4, -0.2) is 114 Å². The number of nitrogens with zero attached hydrogens (tertiary/aromatic N) is 2. The van der Waals surface area contributed by atoms with Crippen molar-refractivity contribution >= 4 is 52.3 Å². The molecule has 20 nitrogen and oxygen atoms in total. The summed E-state index contributed by atoms with van der Waals surface area (Å²) in [6.45, 7) is 9.80. The van der Waals surface area contributed by atoms with Crippen molar-refractivity contribution in [3.05, 3.63) is 72.5 Å². The van der Waals surface area contributed by atoms with Crippen LogP contribution in [0.4, 0.5) is 0 Å². The minimum Gasteiger partial charge on any atom is -0.480 e. The molecule has 0 spiro atoms. The zero-order valence-corrected chi connectivity index (χ0v) is 34.5. The van der Waals surface area contributed by atoms with Crippen molar-refractivity contribution in [1.29, 1.82) is 0 Å². The Bertz CT molecular complexity index is 2080. The molecule has 0 saturated carbocycles. The molecule has 6 amide bonds. The second-order valence-electron chi connectivity index (χ2n) is 15.6. The van der Waals surface area contributed by atoms with Gasteiger partial charge in [-0.3, -0.25) is 28.8 Å². The molecule has 12 N–H and O–H groups in total. The highest BCUT2D eigenvalue weighted by molar-refractivity contribution is 5.97. The van der Waals surface area contributed by atoms with Crippen LogP contribution >= 0.6 is 0 Å². The van der Waals surface area contributed by atoms with Crippen LogP contribution in [0.1, 0.15) is 64.9 Å². The number of aromatic amines is 3. The topological polar surface area (TPSA) is 311 Å². The average molecular weight is 833 g/mol. The summed E-state index contributed by atoms with van der Waals surface area (Å²) in [5.74, 6) is -5.94. The summed E-state index contributed by atoms with van der Waals surface area (Å²) < 4.78 is 0. The van der Waals surface area contributed by atoms with E-state index in [0.29, 0.717) is 11.4 Å². The second-order valence-corrected chi connectivity index (χ2v) is 15.6. The van der Waals surface area contributed by atoms with E-state index < -0.39 is 89.6 Å². The molecule has 3 aromatic heterocycles.